The molecule has 13 nitrogen and oxygen atoms in total. The average molecular weight is 420 g/mol. The Morgan fingerprint density at radius 3 is 1.69 bits per heavy atom. The molecule has 0 bridgehead atoms. The first-order valence-corrected chi connectivity index (χ1v) is 7.29. The fourth-order valence-corrected chi connectivity index (χ4v) is 2.03. The molecular weight excluding hydrogens is 406 g/mol. The molecule has 0 saturated heterocycles. The van der Waals surface area contributed by atoms with Crippen LogP contribution in [0.1, 0.15) is 19.3 Å². The van der Waals surface area contributed by atoms with Crippen LogP contribution in [-0.2, 0) is 38.8 Å². The van der Waals surface area contributed by atoms with Crippen molar-refractivity contribution in [1.82, 2.24) is 0 Å². The van der Waals surface area contributed by atoms with Gasteiger partial charge in [-0.1, -0.05) is 0 Å². The number of carboxylic acid groups (broad SMARTS) is 3. The number of rotatable bonds is 9. The fourth-order valence-electron chi connectivity index (χ4n) is 1.39. The molecule has 26 heavy (non-hydrogen) atoms. The molecule has 0 aliphatic heterocycles. The molecule has 2 atom stereocenters. The summed E-state index contributed by atoms with van der Waals surface area (Å²) in [6.07, 6.45) is -4.45. The third-order valence-electron chi connectivity index (χ3n) is 2.48. The average Bonchev–Trinajstić information content (AvgIpc) is 2.32. The number of carboxylic acids is 3. The Hall–Kier alpha value is -0.580. The summed E-state index contributed by atoms with van der Waals surface area (Å²) in [6.45, 7) is 0. The van der Waals surface area contributed by atoms with E-state index in [1.54, 1.807) is 0 Å². The number of carbonyl (C=O) groups is 5. The second kappa shape index (κ2) is 12.0. The van der Waals surface area contributed by atoms with Gasteiger partial charge in [0.15, 0.2) is 10.9 Å². The van der Waals surface area contributed by atoms with Crippen molar-refractivity contribution in [3.05, 3.63) is 0 Å². The van der Waals surface area contributed by atoms with E-state index >= 15 is 0 Å². The SMILES string of the molecule is O=C(O)CC(C(=O)OC(=O)CC(O)(CC(=O)O)C(=O)O)S(=O)(=O)O.[NaH].[NaH]. The second-order valence-corrected chi connectivity index (χ2v) is 6.08. The van der Waals surface area contributed by atoms with E-state index in [-0.39, 0.29) is 59.1 Å². The van der Waals surface area contributed by atoms with E-state index in [2.05, 4.69) is 4.74 Å². The molecule has 2 unspecified atom stereocenters. The van der Waals surface area contributed by atoms with Crippen LogP contribution in [-0.4, -0.2) is 133 Å². The van der Waals surface area contributed by atoms with E-state index in [9.17, 15) is 37.5 Å². The van der Waals surface area contributed by atoms with E-state index in [0.717, 1.165) is 0 Å². The number of aliphatic carboxylic acids is 3. The van der Waals surface area contributed by atoms with Gasteiger partial charge >= 0.3 is 89.0 Å². The molecule has 0 fully saturated rings. The van der Waals surface area contributed by atoms with Crippen LogP contribution >= 0.6 is 0 Å². The van der Waals surface area contributed by atoms with Gasteiger partial charge in [0.25, 0.3) is 10.1 Å². The minimum atomic E-state index is -5.26. The molecule has 0 aliphatic carbocycles. The Kier molecular flexibility index (Phi) is 13.9. The zero-order valence-electron chi connectivity index (χ0n) is 11.6. The molecule has 0 aromatic rings. The van der Waals surface area contributed by atoms with Gasteiger partial charge in [0, 0.05) is 0 Å². The van der Waals surface area contributed by atoms with Crippen LogP contribution < -0.4 is 0 Å². The van der Waals surface area contributed by atoms with Gasteiger partial charge in [0.2, 0.25) is 0 Å². The van der Waals surface area contributed by atoms with E-state index in [1.165, 1.54) is 0 Å². The molecule has 140 valence electrons. The van der Waals surface area contributed by atoms with Crippen LogP contribution in [0.5, 0.6) is 0 Å². The normalized spacial score (nSPS) is 13.8. The molecule has 0 amide bonds. The maximum absolute atomic E-state index is 11.4. The Morgan fingerprint density at radius 2 is 1.38 bits per heavy atom. The van der Waals surface area contributed by atoms with Crippen molar-refractivity contribution in [2.75, 3.05) is 0 Å². The molecule has 0 spiro atoms. The third kappa shape index (κ3) is 10.5. The molecule has 0 saturated carbocycles. The maximum atomic E-state index is 11.4. The monoisotopic (exact) mass is 420 g/mol. The summed E-state index contributed by atoms with van der Waals surface area (Å²) in [4.78, 5) is 54.5. The van der Waals surface area contributed by atoms with Crippen LogP contribution in [0, 0.1) is 0 Å². The standard InChI is InChI=1S/C10H12O13S.2Na.2H/c11-5(12)1-4(24(20,21)22)8(16)23-7(15)3-10(19,9(17)18)2-6(13)14;;;;/h4,19H,1-3H2,(H,11,12)(H,13,14)(H,17,18)(H,20,21,22);;;;. The second-order valence-electron chi connectivity index (χ2n) is 4.48. The first-order valence-electron chi connectivity index (χ1n) is 5.79. The summed E-state index contributed by atoms with van der Waals surface area (Å²) < 4.78 is 34.4. The van der Waals surface area contributed by atoms with E-state index < -0.39 is 70.1 Å². The van der Waals surface area contributed by atoms with Gasteiger partial charge in [-0.3, -0.25) is 23.7 Å². The molecule has 5 N–H and O–H groups in total. The number of hydrogen-bond acceptors (Lipinski definition) is 9. The third-order valence-corrected chi connectivity index (χ3v) is 3.55. The predicted octanol–water partition coefficient (Wildman–Crippen LogP) is -3.83. The van der Waals surface area contributed by atoms with Crippen LogP contribution in [0.2, 0.25) is 0 Å². The first kappa shape index (κ1) is 30.2. The Bertz CT molecular complexity index is 672. The predicted molar refractivity (Wildman–Crippen MR) is 82.4 cm³/mol. The van der Waals surface area contributed by atoms with E-state index in [1.807, 2.05) is 0 Å². The zero-order valence-corrected chi connectivity index (χ0v) is 12.4. The van der Waals surface area contributed by atoms with Gasteiger partial charge in [0.1, 0.15) is 0 Å². The molecular formula is C10H14Na2O13S. The first-order chi connectivity index (χ1) is 10.7. The minimum absolute atomic E-state index is 0. The molecule has 16 heteroatoms. The summed E-state index contributed by atoms with van der Waals surface area (Å²) >= 11 is 0. The summed E-state index contributed by atoms with van der Waals surface area (Å²) in [5.41, 5.74) is -3.15. The molecule has 0 aromatic heterocycles. The summed E-state index contributed by atoms with van der Waals surface area (Å²) in [7, 11) is -5.26. The van der Waals surface area contributed by atoms with Crippen molar-refractivity contribution in [3.63, 3.8) is 0 Å². The summed E-state index contributed by atoms with van der Waals surface area (Å²) in [5.74, 6) is -9.65. The van der Waals surface area contributed by atoms with Crippen molar-refractivity contribution in [1.29, 1.82) is 0 Å². The van der Waals surface area contributed by atoms with Crippen LogP contribution in [0.4, 0.5) is 0 Å². The van der Waals surface area contributed by atoms with Crippen molar-refractivity contribution in [2.45, 2.75) is 30.1 Å². The fraction of sp³-hybridized carbons (Fsp3) is 0.500. The van der Waals surface area contributed by atoms with E-state index in [0.29, 0.717) is 0 Å². The molecule has 0 heterocycles. The van der Waals surface area contributed by atoms with Crippen LogP contribution in [0.15, 0.2) is 0 Å². The van der Waals surface area contributed by atoms with Crippen molar-refractivity contribution >= 4 is 99.1 Å². The topological polar surface area (TPSA) is 230 Å². The van der Waals surface area contributed by atoms with Crippen molar-refractivity contribution in [2.24, 2.45) is 0 Å². The van der Waals surface area contributed by atoms with Crippen LogP contribution in [0.3, 0.4) is 0 Å². The van der Waals surface area contributed by atoms with Gasteiger partial charge in [0.05, 0.1) is 19.3 Å². The van der Waals surface area contributed by atoms with Gasteiger partial charge in [-0.25, -0.2) is 4.79 Å². The molecule has 0 rings (SSSR count). The number of ether oxygens (including phenoxy) is 1. The molecule has 0 aromatic carbocycles. The molecule has 0 aliphatic rings. The number of aliphatic hydroxyl groups is 1. The van der Waals surface area contributed by atoms with Gasteiger partial charge in [-0.05, 0) is 0 Å². The quantitative estimate of drug-likeness (QED) is 0.104. The number of hydrogen-bond donors (Lipinski definition) is 5. The van der Waals surface area contributed by atoms with Crippen LogP contribution in [0.25, 0.3) is 0 Å². The Labute approximate surface area is 190 Å². The molecule has 0 radical (unpaired) electrons. The Balaban J connectivity index is -0.00000264. The van der Waals surface area contributed by atoms with Gasteiger partial charge in [-0.15, -0.1) is 0 Å². The van der Waals surface area contributed by atoms with Gasteiger partial charge in [-0.2, -0.15) is 8.42 Å². The van der Waals surface area contributed by atoms with Gasteiger partial charge < -0.3 is 25.2 Å². The summed E-state index contributed by atoms with van der Waals surface area (Å²) in [5, 5.41) is 32.5. The van der Waals surface area contributed by atoms with Crippen molar-refractivity contribution in [3.8, 4) is 0 Å². The number of esters is 2. The summed E-state index contributed by atoms with van der Waals surface area (Å²) in [6, 6.07) is 0. The van der Waals surface area contributed by atoms with Crippen molar-refractivity contribution < 1.29 is 62.1 Å². The zero-order chi connectivity index (χ0) is 19.3. The number of carbonyl (C=O) groups excluding carboxylic acids is 2. The van der Waals surface area contributed by atoms with E-state index in [4.69, 9.17) is 19.9 Å². The Morgan fingerprint density at radius 1 is 0.923 bits per heavy atom.